The zero-order chi connectivity index (χ0) is 10.3. The Morgan fingerprint density at radius 3 is 2.87 bits per heavy atom. The van der Waals surface area contributed by atoms with E-state index in [1.165, 1.54) is 5.39 Å². The van der Waals surface area contributed by atoms with Gasteiger partial charge in [-0.15, -0.1) is 0 Å². The van der Waals surface area contributed by atoms with Crippen LogP contribution in [0.5, 0.6) is 5.75 Å². The number of H-pyrrole nitrogens is 1. The average Bonchev–Trinajstić information content (AvgIpc) is 2.76. The van der Waals surface area contributed by atoms with Gasteiger partial charge in [0.2, 0.25) is 0 Å². The van der Waals surface area contributed by atoms with E-state index in [1.807, 2.05) is 24.4 Å². The number of rotatable bonds is 1. The van der Waals surface area contributed by atoms with Crippen molar-refractivity contribution in [2.45, 2.75) is 0 Å². The number of nitrogens with zero attached hydrogens (tertiary/aromatic N) is 1. The Morgan fingerprint density at radius 1 is 1.07 bits per heavy atom. The van der Waals surface area contributed by atoms with Gasteiger partial charge in [0.25, 0.3) is 0 Å². The minimum Gasteiger partial charge on any atom is -0.496 e. The van der Waals surface area contributed by atoms with Gasteiger partial charge in [0.05, 0.1) is 18.8 Å². The molecule has 2 aromatic carbocycles. The van der Waals surface area contributed by atoms with Crippen LogP contribution in [0.3, 0.4) is 0 Å². The highest BCUT2D eigenvalue weighted by Crippen LogP contribution is 2.30. The van der Waals surface area contributed by atoms with Crippen LogP contribution >= 0.6 is 0 Å². The summed E-state index contributed by atoms with van der Waals surface area (Å²) >= 11 is 0. The lowest BCUT2D eigenvalue weighted by atomic mass is 10.1. The molecule has 0 aliphatic rings. The summed E-state index contributed by atoms with van der Waals surface area (Å²) in [5, 5.41) is 10.4. The molecule has 3 rings (SSSR count). The second kappa shape index (κ2) is 2.98. The predicted octanol–water partition coefficient (Wildman–Crippen LogP) is 2.72. The van der Waals surface area contributed by atoms with Crippen LogP contribution in [0.15, 0.2) is 36.5 Å². The second-order valence-electron chi connectivity index (χ2n) is 3.45. The minimum absolute atomic E-state index is 0.899. The van der Waals surface area contributed by atoms with Crippen LogP contribution in [0.2, 0.25) is 0 Å². The smallest absolute Gasteiger partial charge is 0.126 e. The van der Waals surface area contributed by atoms with Gasteiger partial charge in [-0.3, -0.25) is 5.10 Å². The van der Waals surface area contributed by atoms with Gasteiger partial charge in [0.15, 0.2) is 0 Å². The summed E-state index contributed by atoms with van der Waals surface area (Å²) in [5.74, 6) is 0.899. The molecule has 3 nitrogen and oxygen atoms in total. The molecule has 0 aliphatic heterocycles. The normalized spacial score (nSPS) is 11.0. The second-order valence-corrected chi connectivity index (χ2v) is 3.45. The van der Waals surface area contributed by atoms with Gasteiger partial charge in [-0.05, 0) is 23.6 Å². The molecule has 0 saturated heterocycles. The number of hydrogen-bond acceptors (Lipinski definition) is 2. The van der Waals surface area contributed by atoms with Crippen molar-refractivity contribution in [3.8, 4) is 5.75 Å². The van der Waals surface area contributed by atoms with Crippen molar-refractivity contribution >= 4 is 21.7 Å². The number of benzene rings is 2. The summed E-state index contributed by atoms with van der Waals surface area (Å²) in [6.07, 6.45) is 1.84. The van der Waals surface area contributed by atoms with Crippen LogP contribution in [0.4, 0.5) is 0 Å². The molecule has 0 spiro atoms. The van der Waals surface area contributed by atoms with Gasteiger partial charge in [-0.25, -0.2) is 0 Å². The van der Waals surface area contributed by atoms with Crippen molar-refractivity contribution in [1.29, 1.82) is 0 Å². The van der Waals surface area contributed by atoms with E-state index < -0.39 is 0 Å². The molecule has 74 valence electrons. The Balaban J connectivity index is 2.53. The highest BCUT2D eigenvalue weighted by atomic mass is 16.5. The van der Waals surface area contributed by atoms with E-state index in [0.717, 1.165) is 22.0 Å². The SMILES string of the molecule is COc1cccc2c1ccc1[nH]ncc12. The van der Waals surface area contributed by atoms with Crippen LogP contribution in [0.25, 0.3) is 21.7 Å². The Labute approximate surface area is 86.7 Å². The molecule has 3 heteroatoms. The molecular weight excluding hydrogens is 188 g/mol. The highest BCUT2D eigenvalue weighted by molar-refractivity contribution is 6.07. The van der Waals surface area contributed by atoms with Crippen molar-refractivity contribution in [2.24, 2.45) is 0 Å². The van der Waals surface area contributed by atoms with E-state index in [-0.39, 0.29) is 0 Å². The summed E-state index contributed by atoms with van der Waals surface area (Å²) in [6, 6.07) is 10.1. The fraction of sp³-hybridized carbons (Fsp3) is 0.0833. The lowest BCUT2D eigenvalue weighted by Gasteiger charge is -2.05. The molecule has 3 aromatic rings. The van der Waals surface area contributed by atoms with Crippen LogP contribution in [0.1, 0.15) is 0 Å². The maximum absolute atomic E-state index is 5.32. The van der Waals surface area contributed by atoms with E-state index >= 15 is 0 Å². The number of aromatic nitrogens is 2. The molecule has 0 atom stereocenters. The van der Waals surface area contributed by atoms with E-state index in [4.69, 9.17) is 4.74 Å². The van der Waals surface area contributed by atoms with Crippen molar-refractivity contribution < 1.29 is 4.74 Å². The molecule has 0 bridgehead atoms. The monoisotopic (exact) mass is 198 g/mol. The molecule has 1 N–H and O–H groups in total. The molecule has 0 fully saturated rings. The topological polar surface area (TPSA) is 37.9 Å². The molecule has 0 aliphatic carbocycles. The Bertz CT molecular complexity index is 628. The maximum Gasteiger partial charge on any atom is 0.126 e. The van der Waals surface area contributed by atoms with Gasteiger partial charge in [0, 0.05) is 10.8 Å². The van der Waals surface area contributed by atoms with Crippen molar-refractivity contribution in [3.63, 3.8) is 0 Å². The number of ether oxygens (including phenoxy) is 1. The first-order chi connectivity index (χ1) is 7.40. The van der Waals surface area contributed by atoms with E-state index in [1.54, 1.807) is 7.11 Å². The van der Waals surface area contributed by atoms with Crippen molar-refractivity contribution in [3.05, 3.63) is 36.5 Å². The lowest BCUT2D eigenvalue weighted by Crippen LogP contribution is -1.84. The zero-order valence-corrected chi connectivity index (χ0v) is 8.32. The fourth-order valence-corrected chi connectivity index (χ4v) is 1.93. The van der Waals surface area contributed by atoms with Crippen molar-refractivity contribution in [2.75, 3.05) is 7.11 Å². The average molecular weight is 198 g/mol. The number of fused-ring (bicyclic) bond motifs is 3. The molecule has 1 heterocycles. The van der Waals surface area contributed by atoms with Crippen LogP contribution in [-0.4, -0.2) is 17.3 Å². The number of aromatic amines is 1. The number of hydrogen-bond donors (Lipinski definition) is 1. The van der Waals surface area contributed by atoms with Crippen molar-refractivity contribution in [1.82, 2.24) is 10.2 Å². The molecule has 0 unspecified atom stereocenters. The Hall–Kier alpha value is -2.03. The van der Waals surface area contributed by atoms with E-state index in [2.05, 4.69) is 22.3 Å². The van der Waals surface area contributed by atoms with Gasteiger partial charge >= 0.3 is 0 Å². The summed E-state index contributed by atoms with van der Waals surface area (Å²) in [6.45, 7) is 0. The minimum atomic E-state index is 0.899. The van der Waals surface area contributed by atoms with E-state index in [0.29, 0.717) is 0 Å². The first kappa shape index (κ1) is 8.29. The fourth-order valence-electron chi connectivity index (χ4n) is 1.93. The molecule has 0 saturated carbocycles. The maximum atomic E-state index is 5.32. The summed E-state index contributed by atoms with van der Waals surface area (Å²) in [4.78, 5) is 0. The van der Waals surface area contributed by atoms with E-state index in [9.17, 15) is 0 Å². The Morgan fingerprint density at radius 2 is 2.00 bits per heavy atom. The first-order valence-electron chi connectivity index (χ1n) is 4.79. The third-order valence-electron chi connectivity index (χ3n) is 2.66. The molecule has 15 heavy (non-hydrogen) atoms. The largest absolute Gasteiger partial charge is 0.496 e. The molecule has 1 aromatic heterocycles. The highest BCUT2D eigenvalue weighted by Gasteiger charge is 2.05. The van der Waals surface area contributed by atoms with Gasteiger partial charge in [-0.1, -0.05) is 12.1 Å². The third kappa shape index (κ3) is 1.09. The van der Waals surface area contributed by atoms with Crippen LogP contribution in [0, 0.1) is 0 Å². The quantitative estimate of drug-likeness (QED) is 0.652. The Kier molecular flexibility index (Phi) is 1.65. The zero-order valence-electron chi connectivity index (χ0n) is 8.32. The van der Waals surface area contributed by atoms with Gasteiger partial charge in [0.1, 0.15) is 5.75 Å². The van der Waals surface area contributed by atoms with Gasteiger partial charge in [-0.2, -0.15) is 5.10 Å². The predicted molar refractivity (Wildman–Crippen MR) is 60.2 cm³/mol. The standard InChI is InChI=1S/C12H10N2O/c1-15-12-4-2-3-8-9(12)5-6-11-10(8)7-13-14-11/h2-7H,1H3,(H,13,14). The summed E-state index contributed by atoms with van der Waals surface area (Å²) in [7, 11) is 1.69. The number of nitrogens with one attached hydrogen (secondary N) is 1. The molecular formula is C12H10N2O. The molecule has 0 radical (unpaired) electrons. The summed E-state index contributed by atoms with van der Waals surface area (Å²) in [5.41, 5.74) is 1.05. The number of methoxy groups -OCH3 is 1. The van der Waals surface area contributed by atoms with Crippen LogP contribution in [-0.2, 0) is 0 Å². The lowest BCUT2D eigenvalue weighted by molar-refractivity contribution is 0.420. The summed E-state index contributed by atoms with van der Waals surface area (Å²) < 4.78 is 5.32. The first-order valence-corrected chi connectivity index (χ1v) is 4.79. The molecule has 0 amide bonds. The third-order valence-corrected chi connectivity index (χ3v) is 2.66. The van der Waals surface area contributed by atoms with Crippen LogP contribution < -0.4 is 4.74 Å². The van der Waals surface area contributed by atoms with Gasteiger partial charge < -0.3 is 4.74 Å².